The Kier molecular flexibility index (Phi) is 6.75. The average molecular weight is 445 g/mol. The zero-order valence-electron chi connectivity index (χ0n) is 14.9. The molecule has 0 aromatic heterocycles. The van der Waals surface area contributed by atoms with Crippen LogP contribution in [-0.2, 0) is 9.47 Å². The molecular weight excluding hydrogens is 427 g/mol. The van der Waals surface area contributed by atoms with Crippen LogP contribution in [0.1, 0.15) is 27.1 Å². The number of halogens is 2. The molecule has 0 bridgehead atoms. The topological polar surface area (TPSA) is 134 Å². The van der Waals surface area contributed by atoms with E-state index in [1.807, 2.05) is 0 Å². The maximum absolute atomic E-state index is 13.0. The molecule has 1 saturated heterocycles. The van der Waals surface area contributed by atoms with Crippen molar-refractivity contribution in [2.45, 2.75) is 37.1 Å². The summed E-state index contributed by atoms with van der Waals surface area (Å²) in [6, 6.07) is 6.13. The van der Waals surface area contributed by atoms with E-state index in [9.17, 15) is 30.0 Å². The van der Waals surface area contributed by atoms with Crippen LogP contribution in [0.25, 0.3) is 0 Å². The maximum atomic E-state index is 13.0. The third kappa shape index (κ3) is 4.24. The highest BCUT2D eigenvalue weighted by Gasteiger charge is 2.46. The minimum Gasteiger partial charge on any atom is -0.457 e. The summed E-state index contributed by atoms with van der Waals surface area (Å²) >= 11 is 11.3. The van der Waals surface area contributed by atoms with Crippen molar-refractivity contribution in [2.24, 2.45) is 0 Å². The van der Waals surface area contributed by atoms with Crippen molar-refractivity contribution in [2.75, 3.05) is 6.61 Å². The molecule has 156 valence electrons. The second-order valence-electron chi connectivity index (χ2n) is 6.52. The van der Waals surface area contributed by atoms with Crippen molar-refractivity contribution in [1.82, 2.24) is 0 Å². The quantitative estimate of drug-likeness (QED) is 0.524. The van der Waals surface area contributed by atoms with Gasteiger partial charge in [0.1, 0.15) is 28.9 Å². The van der Waals surface area contributed by atoms with Gasteiger partial charge in [0.15, 0.2) is 11.5 Å². The highest BCUT2D eigenvalue weighted by molar-refractivity contribution is 6.55. The molecule has 1 heterocycles. The number of aliphatic hydroxyl groups is 4. The van der Waals surface area contributed by atoms with E-state index in [1.165, 1.54) is 18.2 Å². The van der Waals surface area contributed by atoms with Crippen LogP contribution in [0.5, 0.6) is 0 Å². The second kappa shape index (κ2) is 8.93. The van der Waals surface area contributed by atoms with Crippen molar-refractivity contribution >= 4 is 34.8 Å². The summed E-state index contributed by atoms with van der Waals surface area (Å²) < 4.78 is 10.7. The van der Waals surface area contributed by atoms with Crippen LogP contribution in [0.4, 0.5) is 0 Å². The zero-order valence-corrected chi connectivity index (χ0v) is 16.4. The van der Waals surface area contributed by atoms with E-state index in [4.69, 9.17) is 32.7 Å². The molecule has 1 aromatic rings. The van der Waals surface area contributed by atoms with Crippen molar-refractivity contribution in [1.29, 1.82) is 0 Å². The zero-order chi connectivity index (χ0) is 21.3. The Balaban J connectivity index is 2.00. The van der Waals surface area contributed by atoms with Crippen molar-refractivity contribution in [3.05, 3.63) is 57.3 Å². The fourth-order valence-electron chi connectivity index (χ4n) is 3.17. The molecule has 1 fully saturated rings. The Morgan fingerprint density at radius 3 is 2.24 bits per heavy atom. The Morgan fingerprint density at radius 1 is 1.03 bits per heavy atom. The number of benzene rings is 1. The fraction of sp³-hybridized carbons (Fsp3) is 0.368. The van der Waals surface area contributed by atoms with Gasteiger partial charge in [0.2, 0.25) is 12.1 Å². The third-order valence-corrected chi connectivity index (χ3v) is 5.02. The molecule has 1 aliphatic carbocycles. The van der Waals surface area contributed by atoms with E-state index in [2.05, 4.69) is 0 Å². The Bertz CT molecular complexity index is 875. The largest absolute Gasteiger partial charge is 0.457 e. The molecule has 0 spiro atoms. The summed E-state index contributed by atoms with van der Waals surface area (Å²) in [5, 5.41) is 39.3. The monoisotopic (exact) mass is 444 g/mol. The molecule has 5 atom stereocenters. The van der Waals surface area contributed by atoms with E-state index in [1.54, 1.807) is 12.1 Å². The lowest BCUT2D eigenvalue weighted by Crippen LogP contribution is -2.59. The number of Topliss-reactive ketones (excluding diaryl/α,β-unsaturated/α-hetero) is 2. The fourth-order valence-corrected chi connectivity index (χ4v) is 3.33. The molecule has 29 heavy (non-hydrogen) atoms. The minimum atomic E-state index is -1.74. The molecule has 0 unspecified atom stereocenters. The summed E-state index contributed by atoms with van der Waals surface area (Å²) in [5.74, 6) is -1.53. The predicted octanol–water partition coefficient (Wildman–Crippen LogP) is 0.845. The van der Waals surface area contributed by atoms with E-state index in [-0.39, 0.29) is 27.6 Å². The summed E-state index contributed by atoms with van der Waals surface area (Å²) in [4.78, 5) is 25.9. The second-order valence-corrected chi connectivity index (χ2v) is 7.53. The number of hydrogen-bond donors (Lipinski definition) is 4. The highest BCUT2D eigenvalue weighted by Crippen LogP contribution is 2.32. The molecule has 0 radical (unpaired) electrons. The predicted molar refractivity (Wildman–Crippen MR) is 101 cm³/mol. The molecule has 3 rings (SSSR count). The first-order valence-electron chi connectivity index (χ1n) is 8.66. The summed E-state index contributed by atoms with van der Waals surface area (Å²) in [6.07, 6.45) is -6.72. The van der Waals surface area contributed by atoms with Gasteiger partial charge in [-0.2, -0.15) is 0 Å². The lowest BCUT2D eigenvalue weighted by molar-refractivity contribution is -0.290. The molecule has 0 saturated carbocycles. The van der Waals surface area contributed by atoms with Gasteiger partial charge in [-0.25, -0.2) is 0 Å². The Labute approximate surface area is 175 Å². The molecular formula is C19H18Cl2O8. The standard InChI is InChI=1S/C19H18Cl2O8/c20-12(21)6-5-10-13(23)8-3-1-2-4-9(8)14(24)18(10)29-19-17(27)16(26)15(25)11(7-22)28-19/h1-4,6,11,15-17,19,22,25-27H,5,7H2/t11-,15+,16+,17+,19-/m0/s1. The van der Waals surface area contributed by atoms with Gasteiger partial charge < -0.3 is 29.9 Å². The SMILES string of the molecule is O=C1C(CC=C(Cl)Cl)=C(O[C@@H]2O[C@@H](CO)[C@@H](O)[C@@H](O)[C@H]2O)C(=O)c2ccccc21. The van der Waals surface area contributed by atoms with Gasteiger partial charge in [-0.05, 0) is 6.08 Å². The van der Waals surface area contributed by atoms with Gasteiger partial charge in [0.05, 0.1) is 12.2 Å². The van der Waals surface area contributed by atoms with Gasteiger partial charge in [0.25, 0.3) is 0 Å². The van der Waals surface area contributed by atoms with Crippen molar-refractivity contribution in [3.8, 4) is 0 Å². The van der Waals surface area contributed by atoms with E-state index in [0.717, 1.165) is 0 Å². The lowest BCUT2D eigenvalue weighted by atomic mass is 9.86. The van der Waals surface area contributed by atoms with Crippen LogP contribution >= 0.6 is 23.2 Å². The summed E-state index contributed by atoms with van der Waals surface area (Å²) in [6.45, 7) is -0.670. The first-order chi connectivity index (χ1) is 13.8. The average Bonchev–Trinajstić information content (AvgIpc) is 2.71. The number of allylic oxidation sites excluding steroid dienone is 3. The van der Waals surface area contributed by atoms with Crippen LogP contribution in [0.15, 0.2) is 46.2 Å². The van der Waals surface area contributed by atoms with E-state index in [0.29, 0.717) is 0 Å². The van der Waals surface area contributed by atoms with Gasteiger partial charge >= 0.3 is 0 Å². The van der Waals surface area contributed by atoms with Crippen LogP contribution in [-0.4, -0.2) is 69.3 Å². The van der Waals surface area contributed by atoms with Gasteiger partial charge in [-0.3, -0.25) is 9.59 Å². The molecule has 1 aromatic carbocycles. The summed E-state index contributed by atoms with van der Waals surface area (Å²) in [5.41, 5.74) is 0.207. The number of hydrogen-bond acceptors (Lipinski definition) is 8. The number of carbonyl (C=O) groups excluding carboxylic acids is 2. The van der Waals surface area contributed by atoms with Crippen LogP contribution < -0.4 is 0 Å². The van der Waals surface area contributed by atoms with Crippen LogP contribution in [0.2, 0.25) is 0 Å². The number of ketones is 2. The normalized spacial score (nSPS) is 29.5. The molecule has 2 aliphatic rings. The van der Waals surface area contributed by atoms with Crippen molar-refractivity contribution in [3.63, 3.8) is 0 Å². The van der Waals surface area contributed by atoms with Crippen LogP contribution in [0.3, 0.4) is 0 Å². The molecule has 10 heteroatoms. The molecule has 0 amide bonds. The number of rotatable bonds is 5. The smallest absolute Gasteiger partial charge is 0.229 e. The Hall–Kier alpha value is -1.78. The number of aliphatic hydroxyl groups excluding tert-OH is 4. The lowest BCUT2D eigenvalue weighted by Gasteiger charge is -2.40. The highest BCUT2D eigenvalue weighted by atomic mass is 35.5. The first kappa shape index (κ1) is 21.9. The van der Waals surface area contributed by atoms with Gasteiger partial charge in [0, 0.05) is 17.5 Å². The van der Waals surface area contributed by atoms with E-state index < -0.39 is 54.6 Å². The summed E-state index contributed by atoms with van der Waals surface area (Å²) in [7, 11) is 0. The van der Waals surface area contributed by atoms with Gasteiger partial charge in [-0.1, -0.05) is 47.5 Å². The maximum Gasteiger partial charge on any atom is 0.229 e. The number of carbonyl (C=O) groups is 2. The number of ether oxygens (including phenoxy) is 2. The van der Waals surface area contributed by atoms with E-state index >= 15 is 0 Å². The first-order valence-corrected chi connectivity index (χ1v) is 9.41. The van der Waals surface area contributed by atoms with Gasteiger partial charge in [-0.15, -0.1) is 0 Å². The minimum absolute atomic E-state index is 0.0653. The van der Waals surface area contributed by atoms with Crippen LogP contribution in [0, 0.1) is 0 Å². The molecule has 1 aliphatic heterocycles. The Morgan fingerprint density at radius 2 is 1.66 bits per heavy atom. The number of fused-ring (bicyclic) bond motifs is 1. The molecule has 4 N–H and O–H groups in total. The molecule has 8 nitrogen and oxygen atoms in total. The van der Waals surface area contributed by atoms with Crippen molar-refractivity contribution < 1.29 is 39.5 Å². The third-order valence-electron chi connectivity index (χ3n) is 4.71.